The minimum absolute atomic E-state index is 0.192. The Morgan fingerprint density at radius 3 is 2.35 bits per heavy atom. The maximum absolute atomic E-state index is 11.2. The highest BCUT2D eigenvalue weighted by molar-refractivity contribution is 5.89. The molecule has 2 amide bonds. The summed E-state index contributed by atoms with van der Waals surface area (Å²) in [7, 11) is 1.61. The van der Waals surface area contributed by atoms with Gasteiger partial charge in [0.05, 0.1) is 0 Å². The number of amides is 2. The molecule has 0 spiro atoms. The number of hydrogen-bond donors (Lipinski definition) is 3. The van der Waals surface area contributed by atoms with E-state index in [2.05, 4.69) is 20.9 Å². The molecule has 1 aromatic carbocycles. The molecule has 5 nitrogen and oxygen atoms in total. The van der Waals surface area contributed by atoms with Crippen LogP contribution in [-0.4, -0.2) is 43.7 Å². The number of anilines is 2. The van der Waals surface area contributed by atoms with Gasteiger partial charge >= 0.3 is 6.03 Å². The van der Waals surface area contributed by atoms with Crippen molar-refractivity contribution in [3.8, 4) is 0 Å². The van der Waals surface area contributed by atoms with Crippen molar-refractivity contribution in [2.75, 3.05) is 37.3 Å². The van der Waals surface area contributed by atoms with Crippen molar-refractivity contribution >= 4 is 17.4 Å². The Bertz CT molecular complexity index is 465. The lowest BCUT2D eigenvalue weighted by Crippen LogP contribution is -2.53. The van der Waals surface area contributed by atoms with Crippen molar-refractivity contribution in [3.63, 3.8) is 0 Å². The summed E-state index contributed by atoms with van der Waals surface area (Å²) in [5.41, 5.74) is 1.94. The molecule has 5 heteroatoms. The maximum atomic E-state index is 11.2. The summed E-state index contributed by atoms with van der Waals surface area (Å²) in [4.78, 5) is 13.8. The number of rotatable bonds is 3. The Morgan fingerprint density at radius 1 is 1.15 bits per heavy atom. The molecule has 108 valence electrons. The van der Waals surface area contributed by atoms with Gasteiger partial charge in [0, 0.05) is 31.0 Å². The Labute approximate surface area is 119 Å². The number of piperidine rings is 3. The van der Waals surface area contributed by atoms with Gasteiger partial charge in [0.25, 0.3) is 0 Å². The van der Waals surface area contributed by atoms with Crippen molar-refractivity contribution in [1.29, 1.82) is 0 Å². The molecule has 4 rings (SSSR count). The zero-order chi connectivity index (χ0) is 13.9. The Kier molecular flexibility index (Phi) is 3.78. The fourth-order valence-electron chi connectivity index (χ4n) is 3.19. The Morgan fingerprint density at radius 2 is 1.80 bits per heavy atom. The van der Waals surface area contributed by atoms with Gasteiger partial charge in [-0.15, -0.1) is 0 Å². The lowest BCUT2D eigenvalue weighted by Gasteiger charge is -2.45. The highest BCUT2D eigenvalue weighted by Gasteiger charge is 2.33. The number of benzene rings is 1. The van der Waals surface area contributed by atoms with Crippen LogP contribution in [0.4, 0.5) is 16.2 Å². The molecule has 1 atom stereocenters. The molecule has 0 aromatic heterocycles. The molecule has 0 aliphatic carbocycles. The van der Waals surface area contributed by atoms with Gasteiger partial charge in [-0.1, -0.05) is 0 Å². The van der Waals surface area contributed by atoms with Gasteiger partial charge in [-0.25, -0.2) is 4.79 Å². The van der Waals surface area contributed by atoms with Crippen LogP contribution in [0.1, 0.15) is 12.8 Å². The molecule has 0 radical (unpaired) electrons. The zero-order valence-corrected chi connectivity index (χ0v) is 11.9. The van der Waals surface area contributed by atoms with Crippen molar-refractivity contribution in [1.82, 2.24) is 10.2 Å². The maximum Gasteiger partial charge on any atom is 0.318 e. The summed E-state index contributed by atoms with van der Waals surface area (Å²) in [5, 5.41) is 8.94. The topological polar surface area (TPSA) is 56.4 Å². The first-order chi connectivity index (χ1) is 9.74. The van der Waals surface area contributed by atoms with Crippen LogP contribution in [0, 0.1) is 5.92 Å². The van der Waals surface area contributed by atoms with E-state index in [1.165, 1.54) is 25.9 Å². The SMILES string of the molecule is CNC(=O)Nc1ccc(NC2CN3CCC2CC3)cc1. The molecule has 3 aliphatic heterocycles. The van der Waals surface area contributed by atoms with E-state index in [0.717, 1.165) is 23.8 Å². The monoisotopic (exact) mass is 274 g/mol. The molecule has 1 aromatic rings. The van der Waals surface area contributed by atoms with Crippen molar-refractivity contribution < 1.29 is 4.79 Å². The average Bonchev–Trinajstić information content (AvgIpc) is 2.50. The van der Waals surface area contributed by atoms with Crippen LogP contribution >= 0.6 is 0 Å². The molecular formula is C15H22N4O. The third kappa shape index (κ3) is 2.88. The summed E-state index contributed by atoms with van der Waals surface area (Å²) >= 11 is 0. The number of urea groups is 1. The third-order valence-corrected chi connectivity index (χ3v) is 4.38. The predicted octanol–water partition coefficient (Wildman–Crippen LogP) is 1.94. The summed E-state index contributed by atoms with van der Waals surface area (Å²) in [5.74, 6) is 0.809. The van der Waals surface area contributed by atoms with E-state index >= 15 is 0 Å². The highest BCUT2D eigenvalue weighted by Crippen LogP contribution is 2.29. The Hall–Kier alpha value is -1.75. The number of fused-ring (bicyclic) bond motifs is 3. The second kappa shape index (κ2) is 5.71. The fraction of sp³-hybridized carbons (Fsp3) is 0.533. The molecule has 3 saturated heterocycles. The van der Waals surface area contributed by atoms with E-state index < -0.39 is 0 Å². The van der Waals surface area contributed by atoms with Crippen LogP contribution in [-0.2, 0) is 0 Å². The number of carbonyl (C=O) groups is 1. The number of hydrogen-bond acceptors (Lipinski definition) is 3. The van der Waals surface area contributed by atoms with Crippen molar-refractivity contribution in [2.24, 2.45) is 5.92 Å². The standard InChI is InChI=1S/C15H22N4O/c1-16-15(20)18-13-4-2-12(3-5-13)17-14-10-19-8-6-11(14)7-9-19/h2-5,11,14,17H,6-10H2,1H3,(H2,16,18,20). The van der Waals surface area contributed by atoms with E-state index in [1.54, 1.807) is 7.05 Å². The van der Waals surface area contributed by atoms with Crippen LogP contribution < -0.4 is 16.0 Å². The number of nitrogens with one attached hydrogen (secondary N) is 3. The molecule has 0 saturated carbocycles. The first kappa shape index (κ1) is 13.2. The van der Waals surface area contributed by atoms with E-state index in [1.807, 2.05) is 24.3 Å². The van der Waals surface area contributed by atoms with Crippen LogP contribution in [0.2, 0.25) is 0 Å². The first-order valence-electron chi connectivity index (χ1n) is 7.32. The third-order valence-electron chi connectivity index (χ3n) is 4.38. The van der Waals surface area contributed by atoms with Gasteiger partial charge in [0.2, 0.25) is 0 Å². The lowest BCUT2D eigenvalue weighted by atomic mass is 9.84. The highest BCUT2D eigenvalue weighted by atomic mass is 16.2. The number of carbonyl (C=O) groups excluding carboxylic acids is 1. The lowest BCUT2D eigenvalue weighted by molar-refractivity contribution is 0.0975. The normalized spacial score (nSPS) is 27.9. The van der Waals surface area contributed by atoms with Gasteiger partial charge in [-0.2, -0.15) is 0 Å². The molecule has 2 bridgehead atoms. The Balaban J connectivity index is 1.59. The van der Waals surface area contributed by atoms with Gasteiger partial charge in [-0.05, 0) is 56.1 Å². The zero-order valence-electron chi connectivity index (χ0n) is 11.9. The van der Waals surface area contributed by atoms with Gasteiger partial charge in [0.1, 0.15) is 0 Å². The van der Waals surface area contributed by atoms with Gasteiger partial charge in [0.15, 0.2) is 0 Å². The van der Waals surface area contributed by atoms with Gasteiger partial charge in [-0.3, -0.25) is 0 Å². The molecular weight excluding hydrogens is 252 g/mol. The van der Waals surface area contributed by atoms with Crippen LogP contribution in [0.5, 0.6) is 0 Å². The van der Waals surface area contributed by atoms with Crippen LogP contribution in [0.15, 0.2) is 24.3 Å². The van der Waals surface area contributed by atoms with E-state index in [4.69, 9.17) is 0 Å². The minimum atomic E-state index is -0.192. The summed E-state index contributed by atoms with van der Waals surface area (Å²) < 4.78 is 0. The van der Waals surface area contributed by atoms with E-state index in [9.17, 15) is 4.79 Å². The fourth-order valence-corrected chi connectivity index (χ4v) is 3.19. The molecule has 3 N–H and O–H groups in total. The summed E-state index contributed by atoms with van der Waals surface area (Å²) in [6.45, 7) is 3.68. The molecule has 3 fully saturated rings. The van der Waals surface area contributed by atoms with E-state index in [0.29, 0.717) is 6.04 Å². The molecule has 20 heavy (non-hydrogen) atoms. The number of nitrogens with zero attached hydrogens (tertiary/aromatic N) is 1. The van der Waals surface area contributed by atoms with Gasteiger partial charge < -0.3 is 20.9 Å². The minimum Gasteiger partial charge on any atom is -0.381 e. The average molecular weight is 274 g/mol. The molecule has 3 heterocycles. The van der Waals surface area contributed by atoms with E-state index in [-0.39, 0.29) is 6.03 Å². The van der Waals surface area contributed by atoms with Crippen molar-refractivity contribution in [3.05, 3.63) is 24.3 Å². The molecule has 1 unspecified atom stereocenters. The smallest absolute Gasteiger partial charge is 0.318 e. The van der Waals surface area contributed by atoms with Crippen molar-refractivity contribution in [2.45, 2.75) is 18.9 Å². The predicted molar refractivity (Wildman–Crippen MR) is 81.1 cm³/mol. The largest absolute Gasteiger partial charge is 0.381 e. The quantitative estimate of drug-likeness (QED) is 0.789. The summed E-state index contributed by atoms with van der Waals surface area (Å²) in [6, 6.07) is 8.29. The second-order valence-corrected chi connectivity index (χ2v) is 5.67. The van der Waals surface area contributed by atoms with Crippen LogP contribution in [0.3, 0.4) is 0 Å². The molecule has 3 aliphatic rings. The summed E-state index contributed by atoms with van der Waals surface area (Å²) in [6.07, 6.45) is 2.63. The van der Waals surface area contributed by atoms with Crippen LogP contribution in [0.25, 0.3) is 0 Å². The second-order valence-electron chi connectivity index (χ2n) is 5.67. The first-order valence-corrected chi connectivity index (χ1v) is 7.32.